The molecule has 0 aliphatic heterocycles. The van der Waals surface area contributed by atoms with Crippen molar-refractivity contribution in [3.63, 3.8) is 0 Å². The Morgan fingerprint density at radius 1 is 1.29 bits per heavy atom. The van der Waals surface area contributed by atoms with Crippen molar-refractivity contribution in [3.8, 4) is 0 Å². The first kappa shape index (κ1) is 9.69. The normalized spacial score (nSPS) is 21.1. The average molecular weight is 251 g/mol. The Bertz CT molecular complexity index is 367. The Morgan fingerprint density at radius 3 is 2.57 bits per heavy atom. The minimum atomic E-state index is 0.297. The summed E-state index contributed by atoms with van der Waals surface area (Å²) in [6.07, 6.45) is 2.56. The third kappa shape index (κ3) is 2.14. The van der Waals surface area contributed by atoms with Crippen molar-refractivity contribution in [1.29, 1.82) is 0 Å². The number of ketones is 1. The number of carbonyl (C=O) groups is 1. The Labute approximate surface area is 90.4 Å². The summed E-state index contributed by atoms with van der Waals surface area (Å²) < 4.78 is 2.70. The summed E-state index contributed by atoms with van der Waals surface area (Å²) in [5.41, 5.74) is 0. The van der Waals surface area contributed by atoms with Gasteiger partial charge in [0.05, 0.1) is 0 Å². The predicted octanol–water partition coefficient (Wildman–Crippen LogP) is 1.51. The summed E-state index contributed by atoms with van der Waals surface area (Å²) in [6.45, 7) is 2.14. The van der Waals surface area contributed by atoms with Crippen LogP contribution in [-0.2, 0) is 4.79 Å². The van der Waals surface area contributed by atoms with E-state index in [2.05, 4.69) is 31.2 Å². The van der Waals surface area contributed by atoms with Crippen LogP contribution in [0, 0.1) is 5.92 Å². The number of hydrogen-bond donors (Lipinski definition) is 0. The molecule has 1 unspecified atom stereocenters. The molecule has 0 heterocycles. The summed E-state index contributed by atoms with van der Waals surface area (Å²) in [4.78, 5) is 11.2. The summed E-state index contributed by atoms with van der Waals surface area (Å²) in [7, 11) is 0. The van der Waals surface area contributed by atoms with E-state index in [1.165, 1.54) is 8.93 Å². The van der Waals surface area contributed by atoms with Gasteiger partial charge >= 0.3 is 90.1 Å². The SMILES string of the molecule is CC1CC(=O)C=C1[Se]c1ccccc1. The zero-order valence-electron chi connectivity index (χ0n) is 8.07. The fraction of sp³-hybridized carbons (Fsp3) is 0.250. The second-order valence-corrected chi connectivity index (χ2v) is 5.94. The quantitative estimate of drug-likeness (QED) is 0.728. The first-order chi connectivity index (χ1) is 6.75. The fourth-order valence-corrected chi connectivity index (χ4v) is 3.70. The van der Waals surface area contributed by atoms with E-state index >= 15 is 0 Å². The van der Waals surface area contributed by atoms with Crippen LogP contribution in [0.15, 0.2) is 40.9 Å². The van der Waals surface area contributed by atoms with Crippen molar-refractivity contribution < 1.29 is 4.79 Å². The Hall–Kier alpha value is -0.851. The van der Waals surface area contributed by atoms with Crippen LogP contribution in [0.5, 0.6) is 0 Å². The molecule has 1 aliphatic rings. The summed E-state index contributed by atoms with van der Waals surface area (Å²) >= 11 is 0.340. The van der Waals surface area contributed by atoms with Crippen molar-refractivity contribution in [2.75, 3.05) is 0 Å². The molecule has 0 N–H and O–H groups in total. The van der Waals surface area contributed by atoms with Gasteiger partial charge in [-0.3, -0.25) is 0 Å². The monoisotopic (exact) mass is 252 g/mol. The number of rotatable bonds is 2. The van der Waals surface area contributed by atoms with Gasteiger partial charge in [0, 0.05) is 0 Å². The molecule has 0 radical (unpaired) electrons. The number of carbonyl (C=O) groups excluding carboxylic acids is 1. The van der Waals surface area contributed by atoms with Crippen LogP contribution in [0.2, 0.25) is 0 Å². The van der Waals surface area contributed by atoms with Crippen LogP contribution in [0.4, 0.5) is 0 Å². The summed E-state index contributed by atoms with van der Waals surface area (Å²) in [5, 5.41) is 0. The van der Waals surface area contributed by atoms with Gasteiger partial charge in [-0.25, -0.2) is 0 Å². The molecule has 2 heteroatoms. The van der Waals surface area contributed by atoms with E-state index in [1.807, 2.05) is 12.1 Å². The Morgan fingerprint density at radius 2 is 2.00 bits per heavy atom. The molecule has 0 saturated carbocycles. The molecule has 0 spiro atoms. The number of benzene rings is 1. The van der Waals surface area contributed by atoms with Crippen molar-refractivity contribution in [2.24, 2.45) is 5.92 Å². The molecule has 14 heavy (non-hydrogen) atoms. The van der Waals surface area contributed by atoms with Gasteiger partial charge in [0.2, 0.25) is 0 Å². The Kier molecular flexibility index (Phi) is 2.85. The van der Waals surface area contributed by atoms with Crippen LogP contribution < -0.4 is 4.46 Å². The van der Waals surface area contributed by atoms with Crippen molar-refractivity contribution >= 4 is 25.2 Å². The van der Waals surface area contributed by atoms with E-state index in [0.717, 1.165) is 0 Å². The first-order valence-corrected chi connectivity index (χ1v) is 6.44. The van der Waals surface area contributed by atoms with Crippen molar-refractivity contribution in [2.45, 2.75) is 13.3 Å². The molecule has 0 fully saturated rings. The third-order valence-corrected chi connectivity index (χ3v) is 4.93. The van der Waals surface area contributed by atoms with Crippen LogP contribution in [-0.4, -0.2) is 20.7 Å². The van der Waals surface area contributed by atoms with Crippen LogP contribution in [0.1, 0.15) is 13.3 Å². The Balaban J connectivity index is 2.12. The molecule has 1 nitrogen and oxygen atoms in total. The molecular formula is C12H12OSe. The fourth-order valence-electron chi connectivity index (χ4n) is 1.52. The van der Waals surface area contributed by atoms with Crippen molar-refractivity contribution in [3.05, 3.63) is 40.9 Å². The van der Waals surface area contributed by atoms with Gasteiger partial charge in [-0.1, -0.05) is 0 Å². The van der Waals surface area contributed by atoms with Gasteiger partial charge in [0.25, 0.3) is 0 Å². The average Bonchev–Trinajstić information content (AvgIpc) is 2.47. The van der Waals surface area contributed by atoms with E-state index in [4.69, 9.17) is 0 Å². The molecule has 1 aliphatic carbocycles. The standard InChI is InChI=1S/C12H12OSe/c1-9-7-10(13)8-12(9)14-11-5-3-2-4-6-11/h2-6,8-9H,7H2,1H3. The second-order valence-electron chi connectivity index (χ2n) is 3.53. The maximum atomic E-state index is 11.2. The molecule has 1 aromatic rings. The van der Waals surface area contributed by atoms with E-state index < -0.39 is 0 Å². The molecular weight excluding hydrogens is 239 g/mol. The van der Waals surface area contributed by atoms with E-state index in [0.29, 0.717) is 33.1 Å². The van der Waals surface area contributed by atoms with Crippen LogP contribution >= 0.6 is 0 Å². The van der Waals surface area contributed by atoms with Gasteiger partial charge in [-0.2, -0.15) is 0 Å². The molecule has 0 aromatic heterocycles. The molecule has 0 bridgehead atoms. The van der Waals surface area contributed by atoms with Gasteiger partial charge in [0.15, 0.2) is 0 Å². The minimum absolute atomic E-state index is 0.297. The molecule has 0 amide bonds. The van der Waals surface area contributed by atoms with Crippen LogP contribution in [0.3, 0.4) is 0 Å². The summed E-state index contributed by atoms with van der Waals surface area (Å²) in [5.74, 6) is 0.757. The second kappa shape index (κ2) is 4.12. The van der Waals surface area contributed by atoms with E-state index in [9.17, 15) is 4.79 Å². The zero-order valence-corrected chi connectivity index (χ0v) is 9.78. The van der Waals surface area contributed by atoms with Gasteiger partial charge in [-0.05, 0) is 0 Å². The van der Waals surface area contributed by atoms with Gasteiger partial charge < -0.3 is 0 Å². The molecule has 2 rings (SSSR count). The maximum absolute atomic E-state index is 11.2. The van der Waals surface area contributed by atoms with Gasteiger partial charge in [0.1, 0.15) is 0 Å². The zero-order chi connectivity index (χ0) is 9.97. The van der Waals surface area contributed by atoms with E-state index in [1.54, 1.807) is 0 Å². The molecule has 1 atom stereocenters. The van der Waals surface area contributed by atoms with E-state index in [-0.39, 0.29) is 0 Å². The summed E-state index contributed by atoms with van der Waals surface area (Å²) in [6, 6.07) is 10.4. The molecule has 1 aromatic carbocycles. The predicted molar refractivity (Wildman–Crippen MR) is 58.7 cm³/mol. The van der Waals surface area contributed by atoms with Gasteiger partial charge in [-0.15, -0.1) is 0 Å². The number of hydrogen-bond acceptors (Lipinski definition) is 1. The molecule has 0 saturated heterocycles. The van der Waals surface area contributed by atoms with Crippen molar-refractivity contribution in [1.82, 2.24) is 0 Å². The van der Waals surface area contributed by atoms with Crippen LogP contribution in [0.25, 0.3) is 0 Å². The topological polar surface area (TPSA) is 17.1 Å². The first-order valence-electron chi connectivity index (χ1n) is 4.73. The molecule has 72 valence electrons. The third-order valence-electron chi connectivity index (χ3n) is 2.28. The number of allylic oxidation sites excluding steroid dienone is 2.